The van der Waals surface area contributed by atoms with Crippen LogP contribution in [0.5, 0.6) is 0 Å². The van der Waals surface area contributed by atoms with Gasteiger partial charge in [-0.15, -0.1) is 0 Å². The minimum atomic E-state index is -0.0780. The Hall–Kier alpha value is -2.86. The van der Waals surface area contributed by atoms with Gasteiger partial charge in [-0.05, 0) is 40.4 Å². The third-order valence-corrected chi connectivity index (χ3v) is 8.51. The van der Waals surface area contributed by atoms with E-state index in [9.17, 15) is 9.59 Å². The van der Waals surface area contributed by atoms with Crippen LogP contribution in [0.3, 0.4) is 0 Å². The molecule has 0 spiro atoms. The van der Waals surface area contributed by atoms with E-state index in [1.165, 1.54) is 16.7 Å². The Labute approximate surface area is 235 Å². The van der Waals surface area contributed by atoms with Gasteiger partial charge < -0.3 is 15.1 Å². The summed E-state index contributed by atoms with van der Waals surface area (Å²) in [4.78, 5) is 31.8. The van der Waals surface area contributed by atoms with Gasteiger partial charge in [0.25, 0.3) is 0 Å². The first-order valence-electron chi connectivity index (χ1n) is 14.6. The third kappa shape index (κ3) is 7.02. The molecule has 2 aliphatic heterocycles. The highest BCUT2D eigenvalue weighted by Gasteiger charge is 2.41. The van der Waals surface area contributed by atoms with Gasteiger partial charge in [-0.1, -0.05) is 96.1 Å². The van der Waals surface area contributed by atoms with E-state index in [4.69, 9.17) is 0 Å². The van der Waals surface area contributed by atoms with Gasteiger partial charge in [-0.2, -0.15) is 0 Å². The van der Waals surface area contributed by atoms with E-state index in [1.807, 2.05) is 4.90 Å². The standard InChI is InChI=1S/C33H48N4O2/c1-24(38)35-19-17-28(18-20-35)34-31(39)37-22-21-36(23-29(37)33(5,6)7)30(25-11-9-8-10-12-25)26-13-15-27(16-14-26)32(2,3)4/h8-16,28-30H,17-23H2,1-7H3,(H,34,39)/t29-,30?/m1/s1. The number of benzene rings is 2. The topological polar surface area (TPSA) is 55.9 Å². The zero-order chi connectivity index (χ0) is 28.4. The number of amides is 3. The third-order valence-electron chi connectivity index (χ3n) is 8.51. The van der Waals surface area contributed by atoms with Crippen LogP contribution in [0.15, 0.2) is 54.6 Å². The summed E-state index contributed by atoms with van der Waals surface area (Å²) in [7, 11) is 0. The number of piperidine rings is 1. The highest BCUT2D eigenvalue weighted by Crippen LogP contribution is 2.36. The first kappa shape index (κ1) is 29.1. The molecule has 6 heteroatoms. The average molecular weight is 533 g/mol. The molecular weight excluding hydrogens is 484 g/mol. The SMILES string of the molecule is CC(=O)N1CCC(NC(=O)N2CCN(C(c3ccccc3)c3ccc(C(C)(C)C)cc3)C[C@@H]2C(C)(C)C)CC1. The van der Waals surface area contributed by atoms with Gasteiger partial charge in [0, 0.05) is 45.7 Å². The van der Waals surface area contributed by atoms with Crippen molar-refractivity contribution >= 4 is 11.9 Å². The number of carbonyl (C=O) groups excluding carboxylic acids is 2. The van der Waals surface area contributed by atoms with Crippen LogP contribution in [0.4, 0.5) is 4.79 Å². The van der Waals surface area contributed by atoms with E-state index in [2.05, 4.69) is 111 Å². The van der Waals surface area contributed by atoms with Crippen molar-refractivity contribution in [3.8, 4) is 0 Å². The van der Waals surface area contributed by atoms with Crippen molar-refractivity contribution in [2.24, 2.45) is 5.41 Å². The second kappa shape index (κ2) is 11.7. The zero-order valence-electron chi connectivity index (χ0n) is 25.0. The smallest absolute Gasteiger partial charge is 0.317 e. The molecule has 3 amide bonds. The maximum absolute atomic E-state index is 13.6. The molecule has 2 aromatic carbocycles. The monoisotopic (exact) mass is 532 g/mol. The fourth-order valence-corrected chi connectivity index (χ4v) is 6.03. The lowest BCUT2D eigenvalue weighted by molar-refractivity contribution is -0.129. The van der Waals surface area contributed by atoms with Crippen LogP contribution in [-0.4, -0.2) is 71.4 Å². The summed E-state index contributed by atoms with van der Waals surface area (Å²) in [5, 5.41) is 3.31. The van der Waals surface area contributed by atoms with Crippen molar-refractivity contribution in [3.63, 3.8) is 0 Å². The molecule has 0 saturated carbocycles. The van der Waals surface area contributed by atoms with Crippen LogP contribution in [0, 0.1) is 5.41 Å². The van der Waals surface area contributed by atoms with Gasteiger partial charge in [0.2, 0.25) is 5.91 Å². The quantitative estimate of drug-likeness (QED) is 0.539. The number of hydrogen-bond acceptors (Lipinski definition) is 3. The minimum absolute atomic E-state index is 0.0293. The molecule has 1 N–H and O–H groups in total. The van der Waals surface area contributed by atoms with Crippen molar-refractivity contribution < 1.29 is 9.59 Å². The van der Waals surface area contributed by atoms with E-state index in [-0.39, 0.29) is 40.9 Å². The van der Waals surface area contributed by atoms with Gasteiger partial charge in [0.15, 0.2) is 0 Å². The predicted molar refractivity (Wildman–Crippen MR) is 159 cm³/mol. The molecule has 212 valence electrons. The second-order valence-electron chi connectivity index (χ2n) is 13.5. The number of rotatable bonds is 4. The van der Waals surface area contributed by atoms with Crippen LogP contribution in [0.2, 0.25) is 0 Å². The molecule has 2 heterocycles. The molecule has 39 heavy (non-hydrogen) atoms. The number of nitrogens with zero attached hydrogens (tertiary/aromatic N) is 3. The summed E-state index contributed by atoms with van der Waals surface area (Å²) >= 11 is 0. The Morgan fingerprint density at radius 2 is 1.41 bits per heavy atom. The molecule has 0 radical (unpaired) electrons. The fourth-order valence-electron chi connectivity index (χ4n) is 6.03. The highest BCUT2D eigenvalue weighted by atomic mass is 16.2. The largest absolute Gasteiger partial charge is 0.343 e. The van der Waals surface area contributed by atoms with E-state index in [1.54, 1.807) is 6.92 Å². The molecule has 0 bridgehead atoms. The molecular formula is C33H48N4O2. The van der Waals surface area contributed by atoms with E-state index < -0.39 is 0 Å². The first-order valence-corrected chi connectivity index (χ1v) is 14.6. The summed E-state index contributed by atoms with van der Waals surface area (Å²) in [6.45, 7) is 18.8. The van der Waals surface area contributed by atoms with Crippen LogP contribution < -0.4 is 5.32 Å². The number of piperazine rings is 1. The molecule has 6 nitrogen and oxygen atoms in total. The Morgan fingerprint density at radius 3 is 1.95 bits per heavy atom. The number of nitrogens with one attached hydrogen (secondary N) is 1. The van der Waals surface area contributed by atoms with Crippen LogP contribution in [0.1, 0.15) is 84.0 Å². The van der Waals surface area contributed by atoms with Crippen LogP contribution in [-0.2, 0) is 10.2 Å². The van der Waals surface area contributed by atoms with Crippen molar-refractivity contribution in [2.45, 2.75) is 84.8 Å². The summed E-state index contributed by atoms with van der Waals surface area (Å²) in [5.41, 5.74) is 3.94. The summed E-state index contributed by atoms with van der Waals surface area (Å²) in [6.07, 6.45) is 1.62. The van der Waals surface area contributed by atoms with Gasteiger partial charge in [-0.3, -0.25) is 9.69 Å². The molecule has 2 aromatic rings. The van der Waals surface area contributed by atoms with Crippen molar-refractivity contribution in [3.05, 3.63) is 71.3 Å². The molecule has 2 fully saturated rings. The van der Waals surface area contributed by atoms with Crippen molar-refractivity contribution in [1.82, 2.24) is 20.0 Å². The molecule has 0 aliphatic carbocycles. The first-order chi connectivity index (χ1) is 18.3. The zero-order valence-corrected chi connectivity index (χ0v) is 25.0. The summed E-state index contributed by atoms with van der Waals surface area (Å²) in [5.74, 6) is 0.115. The summed E-state index contributed by atoms with van der Waals surface area (Å²) in [6, 6.07) is 20.2. The Morgan fingerprint density at radius 1 is 0.821 bits per heavy atom. The van der Waals surface area contributed by atoms with Gasteiger partial charge in [-0.25, -0.2) is 4.79 Å². The fraction of sp³-hybridized carbons (Fsp3) is 0.576. The number of urea groups is 1. The van der Waals surface area contributed by atoms with E-state index in [0.29, 0.717) is 19.6 Å². The lowest BCUT2D eigenvalue weighted by Gasteiger charge is -2.49. The Balaban J connectivity index is 1.54. The lowest BCUT2D eigenvalue weighted by atomic mass is 9.82. The maximum atomic E-state index is 13.6. The Kier molecular flexibility index (Phi) is 8.75. The number of carbonyl (C=O) groups is 2. The second-order valence-corrected chi connectivity index (χ2v) is 13.5. The maximum Gasteiger partial charge on any atom is 0.317 e. The highest BCUT2D eigenvalue weighted by molar-refractivity contribution is 5.75. The molecule has 2 saturated heterocycles. The van der Waals surface area contributed by atoms with Crippen LogP contribution >= 0.6 is 0 Å². The molecule has 2 aliphatic rings. The average Bonchev–Trinajstić information content (AvgIpc) is 2.89. The molecule has 1 unspecified atom stereocenters. The normalized spacial score (nSPS) is 20.5. The number of likely N-dealkylation sites (tertiary alicyclic amines) is 1. The predicted octanol–water partition coefficient (Wildman–Crippen LogP) is 5.83. The lowest BCUT2D eigenvalue weighted by Crippen LogP contribution is -2.63. The summed E-state index contributed by atoms with van der Waals surface area (Å²) < 4.78 is 0. The molecule has 2 atom stereocenters. The van der Waals surface area contributed by atoms with Crippen LogP contribution in [0.25, 0.3) is 0 Å². The van der Waals surface area contributed by atoms with E-state index >= 15 is 0 Å². The molecule has 0 aromatic heterocycles. The van der Waals surface area contributed by atoms with Gasteiger partial charge in [0.05, 0.1) is 12.1 Å². The Bertz CT molecular complexity index is 1110. The van der Waals surface area contributed by atoms with Gasteiger partial charge >= 0.3 is 6.03 Å². The van der Waals surface area contributed by atoms with Gasteiger partial charge in [0.1, 0.15) is 0 Å². The van der Waals surface area contributed by atoms with E-state index in [0.717, 1.165) is 25.9 Å². The van der Waals surface area contributed by atoms with Crippen molar-refractivity contribution in [1.29, 1.82) is 0 Å². The van der Waals surface area contributed by atoms with Crippen molar-refractivity contribution in [2.75, 3.05) is 32.7 Å². The minimum Gasteiger partial charge on any atom is -0.343 e. The molecule has 4 rings (SSSR count). The number of hydrogen-bond donors (Lipinski definition) is 1.